The van der Waals surface area contributed by atoms with Crippen LogP contribution in [0, 0.1) is 0 Å². The standard InChI is InChI=1S/C30H32O6/c1-17(2)7-6-13-30(5)14-12-20-24(36-30)11-10-21(27(20)33)29-22(9-8-18(3)4)28(34)26-23(32)15-19(31)16-25(26)35-29/h7-8,10-12,14-16,31-33H,6,9,13H2,1-5H3/t30-/m0/s1. The molecule has 4 rings (SSSR count). The molecule has 3 aromatic rings. The summed E-state index contributed by atoms with van der Waals surface area (Å²) in [4.78, 5) is 13.4. The Labute approximate surface area is 210 Å². The summed E-state index contributed by atoms with van der Waals surface area (Å²) in [6.45, 7) is 9.98. The monoisotopic (exact) mass is 488 g/mol. The van der Waals surface area contributed by atoms with Gasteiger partial charge in [-0.15, -0.1) is 0 Å². The van der Waals surface area contributed by atoms with Crippen molar-refractivity contribution in [1.82, 2.24) is 0 Å². The van der Waals surface area contributed by atoms with Crippen LogP contribution < -0.4 is 10.2 Å². The molecule has 0 aliphatic carbocycles. The summed E-state index contributed by atoms with van der Waals surface area (Å²) < 4.78 is 12.3. The zero-order valence-corrected chi connectivity index (χ0v) is 21.3. The molecule has 1 aromatic heterocycles. The Hall–Kier alpha value is -3.93. The molecule has 188 valence electrons. The minimum atomic E-state index is -0.508. The Kier molecular flexibility index (Phi) is 6.72. The van der Waals surface area contributed by atoms with Crippen molar-refractivity contribution in [2.45, 2.75) is 59.5 Å². The van der Waals surface area contributed by atoms with E-state index in [1.54, 1.807) is 12.1 Å². The van der Waals surface area contributed by atoms with Crippen LogP contribution in [0.1, 0.15) is 58.6 Å². The van der Waals surface area contributed by atoms with E-state index < -0.39 is 11.0 Å². The fourth-order valence-corrected chi connectivity index (χ4v) is 4.38. The van der Waals surface area contributed by atoms with Crippen molar-refractivity contribution in [2.24, 2.45) is 0 Å². The summed E-state index contributed by atoms with van der Waals surface area (Å²) in [6.07, 6.45) is 9.75. The van der Waals surface area contributed by atoms with E-state index in [1.165, 1.54) is 11.6 Å². The van der Waals surface area contributed by atoms with Gasteiger partial charge in [0.05, 0.1) is 11.1 Å². The number of allylic oxidation sites excluding steroid dienone is 4. The molecule has 2 heterocycles. The van der Waals surface area contributed by atoms with Crippen molar-refractivity contribution < 1.29 is 24.5 Å². The lowest BCUT2D eigenvalue weighted by atomic mass is 9.92. The summed E-state index contributed by atoms with van der Waals surface area (Å²) in [5, 5.41) is 31.5. The molecular formula is C30H32O6. The van der Waals surface area contributed by atoms with Crippen molar-refractivity contribution >= 4 is 17.0 Å². The summed E-state index contributed by atoms with van der Waals surface area (Å²) in [5.74, 6) is 0.0652. The first-order valence-corrected chi connectivity index (χ1v) is 12.0. The summed E-state index contributed by atoms with van der Waals surface area (Å²) in [5.41, 5.74) is 2.49. The highest BCUT2D eigenvalue weighted by atomic mass is 16.5. The Bertz CT molecular complexity index is 1480. The van der Waals surface area contributed by atoms with E-state index in [0.29, 0.717) is 22.4 Å². The molecule has 0 spiro atoms. The topological polar surface area (TPSA) is 100 Å². The SMILES string of the molecule is CC(C)=CCC[C@@]1(C)C=Cc2c(ccc(-c3oc4cc(O)cc(O)c4c(=O)c3CC=C(C)C)c2O)O1. The predicted molar refractivity (Wildman–Crippen MR) is 143 cm³/mol. The van der Waals surface area contributed by atoms with Crippen molar-refractivity contribution in [3.63, 3.8) is 0 Å². The summed E-state index contributed by atoms with van der Waals surface area (Å²) in [6, 6.07) is 5.82. The van der Waals surface area contributed by atoms with E-state index in [0.717, 1.165) is 24.5 Å². The van der Waals surface area contributed by atoms with Crippen LogP contribution in [-0.2, 0) is 6.42 Å². The second kappa shape index (κ2) is 9.61. The maximum Gasteiger partial charge on any atom is 0.200 e. The van der Waals surface area contributed by atoms with Crippen molar-refractivity contribution in [2.75, 3.05) is 0 Å². The van der Waals surface area contributed by atoms with Crippen LogP contribution in [0.15, 0.2) is 62.9 Å². The van der Waals surface area contributed by atoms with Gasteiger partial charge in [0.2, 0.25) is 5.43 Å². The fourth-order valence-electron chi connectivity index (χ4n) is 4.38. The molecule has 0 saturated carbocycles. The van der Waals surface area contributed by atoms with Gasteiger partial charge in [0.15, 0.2) is 0 Å². The van der Waals surface area contributed by atoms with Crippen LogP contribution in [0.25, 0.3) is 28.4 Å². The van der Waals surface area contributed by atoms with Crippen molar-refractivity contribution in [3.8, 4) is 34.3 Å². The van der Waals surface area contributed by atoms with Gasteiger partial charge in [0.1, 0.15) is 45.3 Å². The molecule has 0 bridgehead atoms. The number of benzene rings is 2. The molecule has 0 unspecified atom stereocenters. The van der Waals surface area contributed by atoms with Crippen molar-refractivity contribution in [1.29, 1.82) is 0 Å². The number of hydrogen-bond acceptors (Lipinski definition) is 6. The number of fused-ring (bicyclic) bond motifs is 2. The minimum absolute atomic E-state index is 0.0125. The van der Waals surface area contributed by atoms with Crippen LogP contribution in [0.4, 0.5) is 0 Å². The second-order valence-corrected chi connectivity index (χ2v) is 10.0. The lowest BCUT2D eigenvalue weighted by Gasteiger charge is -2.32. The normalized spacial score (nSPS) is 16.4. The molecule has 1 atom stereocenters. The first kappa shape index (κ1) is 25.2. The van der Waals surface area contributed by atoms with Crippen LogP contribution in [0.3, 0.4) is 0 Å². The number of phenolic OH excluding ortho intramolecular Hbond substituents is 3. The van der Waals surface area contributed by atoms with Gasteiger partial charge in [0.25, 0.3) is 0 Å². The van der Waals surface area contributed by atoms with E-state index >= 15 is 0 Å². The van der Waals surface area contributed by atoms with Crippen molar-refractivity contribution in [3.05, 3.63) is 75.0 Å². The largest absolute Gasteiger partial charge is 0.508 e. The molecule has 1 aliphatic heterocycles. The summed E-state index contributed by atoms with van der Waals surface area (Å²) in [7, 11) is 0. The number of rotatable bonds is 6. The molecular weight excluding hydrogens is 456 g/mol. The molecule has 6 nitrogen and oxygen atoms in total. The Morgan fingerprint density at radius 3 is 2.44 bits per heavy atom. The van der Waals surface area contributed by atoms with Crippen LogP contribution in [-0.4, -0.2) is 20.9 Å². The van der Waals surface area contributed by atoms with Gasteiger partial charge in [-0.3, -0.25) is 4.79 Å². The van der Waals surface area contributed by atoms with Gasteiger partial charge >= 0.3 is 0 Å². The quantitative estimate of drug-likeness (QED) is 0.323. The van der Waals surface area contributed by atoms with Gasteiger partial charge in [-0.25, -0.2) is 0 Å². The molecule has 2 aromatic carbocycles. The predicted octanol–water partition coefficient (Wildman–Crippen LogP) is 7.00. The van der Waals surface area contributed by atoms with Gasteiger partial charge in [-0.05, 0) is 78.2 Å². The van der Waals surface area contributed by atoms with Crippen LogP contribution >= 0.6 is 0 Å². The average molecular weight is 489 g/mol. The number of aromatic hydroxyl groups is 3. The first-order valence-electron chi connectivity index (χ1n) is 12.0. The fraction of sp³-hybridized carbons (Fsp3) is 0.300. The van der Waals surface area contributed by atoms with Gasteiger partial charge < -0.3 is 24.5 Å². The third kappa shape index (κ3) is 4.89. The second-order valence-electron chi connectivity index (χ2n) is 10.0. The van der Waals surface area contributed by atoms with E-state index in [9.17, 15) is 20.1 Å². The molecule has 3 N–H and O–H groups in total. The molecule has 0 radical (unpaired) electrons. The van der Waals surface area contributed by atoms with Crippen LogP contribution in [0.5, 0.6) is 23.0 Å². The molecule has 0 amide bonds. The molecule has 36 heavy (non-hydrogen) atoms. The van der Waals surface area contributed by atoms with Gasteiger partial charge in [-0.2, -0.15) is 0 Å². The Morgan fingerprint density at radius 2 is 1.75 bits per heavy atom. The highest BCUT2D eigenvalue weighted by Gasteiger charge is 2.30. The maximum absolute atomic E-state index is 13.4. The zero-order valence-electron chi connectivity index (χ0n) is 21.3. The van der Waals surface area contributed by atoms with Crippen LogP contribution in [0.2, 0.25) is 0 Å². The smallest absolute Gasteiger partial charge is 0.200 e. The lowest BCUT2D eigenvalue weighted by molar-refractivity contribution is 0.128. The van der Waals surface area contributed by atoms with E-state index in [2.05, 4.69) is 19.9 Å². The molecule has 0 saturated heterocycles. The third-order valence-corrected chi connectivity index (χ3v) is 6.33. The average Bonchev–Trinajstić information content (AvgIpc) is 2.77. The number of ether oxygens (including phenoxy) is 1. The Balaban J connectivity index is 1.85. The lowest BCUT2D eigenvalue weighted by Crippen LogP contribution is -2.31. The first-order chi connectivity index (χ1) is 17.0. The molecule has 0 fully saturated rings. The van der Waals surface area contributed by atoms with E-state index in [-0.39, 0.29) is 40.4 Å². The highest BCUT2D eigenvalue weighted by Crippen LogP contribution is 2.44. The number of hydrogen-bond donors (Lipinski definition) is 3. The summed E-state index contributed by atoms with van der Waals surface area (Å²) >= 11 is 0. The molecule has 6 heteroatoms. The maximum atomic E-state index is 13.4. The van der Waals surface area contributed by atoms with Gasteiger partial charge in [0, 0.05) is 17.7 Å². The zero-order chi connectivity index (χ0) is 26.2. The molecule has 1 aliphatic rings. The van der Waals surface area contributed by atoms with E-state index in [4.69, 9.17) is 9.15 Å². The number of phenols is 3. The van der Waals surface area contributed by atoms with Gasteiger partial charge in [-0.1, -0.05) is 23.3 Å². The van der Waals surface area contributed by atoms with E-state index in [1.807, 2.05) is 39.0 Å². The Morgan fingerprint density at radius 1 is 1.03 bits per heavy atom. The third-order valence-electron chi connectivity index (χ3n) is 6.33. The highest BCUT2D eigenvalue weighted by molar-refractivity contribution is 5.88. The minimum Gasteiger partial charge on any atom is -0.508 e.